The second-order valence-corrected chi connectivity index (χ2v) is 15.1. The number of nitrogens with zero attached hydrogens (tertiary/aromatic N) is 6. The number of hydrogen-bond donors (Lipinski definition) is 2. The number of piperazine rings is 1. The molecule has 14 heteroatoms. The zero-order valence-electron chi connectivity index (χ0n) is 30.4. The molecule has 4 aromatic rings. The number of amides is 2. The summed E-state index contributed by atoms with van der Waals surface area (Å²) in [6.07, 6.45) is 12.7. The summed E-state index contributed by atoms with van der Waals surface area (Å²) in [4.78, 5) is 44.9. The number of carbonyl (C=O) groups is 2. The number of hydrogen-bond acceptors (Lipinski definition) is 9. The van der Waals surface area contributed by atoms with Crippen LogP contribution in [0.3, 0.4) is 0 Å². The first-order chi connectivity index (χ1) is 26.6. The molecule has 0 spiro atoms. The van der Waals surface area contributed by atoms with Crippen molar-refractivity contribution in [3.63, 3.8) is 0 Å². The van der Waals surface area contributed by atoms with E-state index in [1.807, 2.05) is 9.80 Å². The minimum absolute atomic E-state index is 0.0559. The standard InChI is InChI=1S/C41H42F3N7O4/c1-3-29-32(43)12-9-24-16-28(52)17-30(35(24)29)37-36(44)38-31(19-46-37)39(48-40(47-38)55-23-41-13-7-15-50(41)20-25(42)18-41)49-21-26-10-11-27(22-49)51(26)34(54)8-5-6-14-45-33(53)4-2/h1,4,9,12,16-17,19,25-27,52H,2,5-8,10-11,13-15,18,20-23H2,(H,45,53)/t25-,26?,27?,41+/m1/s1. The van der Waals surface area contributed by atoms with E-state index < -0.39 is 23.3 Å². The number of anilines is 1. The first-order valence-corrected chi connectivity index (χ1v) is 18.9. The van der Waals surface area contributed by atoms with E-state index in [-0.39, 0.29) is 70.0 Å². The largest absolute Gasteiger partial charge is 0.508 e. The molecule has 2 unspecified atom stereocenters. The second kappa shape index (κ2) is 14.7. The molecule has 2 bridgehead atoms. The summed E-state index contributed by atoms with van der Waals surface area (Å²) in [7, 11) is 0. The van der Waals surface area contributed by atoms with Crippen LogP contribution in [0.5, 0.6) is 11.8 Å². The Morgan fingerprint density at radius 3 is 2.71 bits per heavy atom. The highest BCUT2D eigenvalue weighted by atomic mass is 19.1. The molecule has 4 atom stereocenters. The lowest BCUT2D eigenvalue weighted by molar-refractivity contribution is -0.134. The molecular formula is C41H42F3N7O4. The summed E-state index contributed by atoms with van der Waals surface area (Å²) in [5.41, 5.74) is -0.782. The van der Waals surface area contributed by atoms with Gasteiger partial charge in [-0.05, 0) is 74.7 Å². The van der Waals surface area contributed by atoms with Crippen molar-refractivity contribution in [2.24, 2.45) is 0 Å². The molecule has 8 rings (SSSR count). The normalized spacial score (nSPS) is 23.3. The van der Waals surface area contributed by atoms with Gasteiger partial charge in [0.1, 0.15) is 41.4 Å². The lowest BCUT2D eigenvalue weighted by Crippen LogP contribution is -2.56. The Kier molecular flexibility index (Phi) is 9.75. The highest BCUT2D eigenvalue weighted by molar-refractivity contribution is 6.03. The summed E-state index contributed by atoms with van der Waals surface area (Å²) in [5, 5.41) is 14.3. The number of ether oxygens (including phenoxy) is 1. The summed E-state index contributed by atoms with van der Waals surface area (Å²) >= 11 is 0. The molecule has 2 N–H and O–H groups in total. The number of pyridine rings is 1. The fourth-order valence-corrected chi connectivity index (χ4v) is 9.21. The van der Waals surface area contributed by atoms with Crippen molar-refractivity contribution in [1.82, 2.24) is 30.1 Å². The van der Waals surface area contributed by atoms with E-state index >= 15 is 4.39 Å². The average Bonchev–Trinajstić information content (AvgIpc) is 3.79. The van der Waals surface area contributed by atoms with Crippen LogP contribution in [0.15, 0.2) is 43.1 Å². The van der Waals surface area contributed by atoms with Crippen LogP contribution in [0.1, 0.15) is 56.9 Å². The molecule has 4 saturated heterocycles. The van der Waals surface area contributed by atoms with Crippen LogP contribution in [0, 0.1) is 24.0 Å². The molecule has 55 heavy (non-hydrogen) atoms. The number of phenols is 1. The fraction of sp³-hybridized carbons (Fsp3) is 0.439. The van der Waals surface area contributed by atoms with E-state index in [2.05, 4.69) is 32.7 Å². The van der Waals surface area contributed by atoms with Crippen molar-refractivity contribution in [2.75, 3.05) is 44.2 Å². The van der Waals surface area contributed by atoms with Crippen molar-refractivity contribution in [3.8, 4) is 35.4 Å². The zero-order chi connectivity index (χ0) is 38.4. The van der Waals surface area contributed by atoms with Gasteiger partial charge in [-0.25, -0.2) is 13.2 Å². The number of aromatic hydroxyl groups is 1. The Bertz CT molecular complexity index is 2230. The summed E-state index contributed by atoms with van der Waals surface area (Å²) in [6.45, 7) is 6.04. The van der Waals surface area contributed by atoms with E-state index in [9.17, 15) is 23.5 Å². The third-order valence-corrected chi connectivity index (χ3v) is 11.7. The van der Waals surface area contributed by atoms with Gasteiger partial charge in [0.25, 0.3) is 0 Å². The van der Waals surface area contributed by atoms with Crippen LogP contribution >= 0.6 is 0 Å². The molecule has 4 fully saturated rings. The molecule has 11 nitrogen and oxygen atoms in total. The number of benzene rings is 2. The minimum Gasteiger partial charge on any atom is -0.508 e. The van der Waals surface area contributed by atoms with Crippen LogP contribution < -0.4 is 15.0 Å². The summed E-state index contributed by atoms with van der Waals surface area (Å²) in [5.74, 6) is 0.877. The van der Waals surface area contributed by atoms with E-state index in [0.717, 1.165) is 32.2 Å². The molecule has 4 aliphatic heterocycles. The maximum Gasteiger partial charge on any atom is 0.319 e. The molecule has 0 aliphatic carbocycles. The Morgan fingerprint density at radius 2 is 1.95 bits per heavy atom. The summed E-state index contributed by atoms with van der Waals surface area (Å²) < 4.78 is 52.9. The monoisotopic (exact) mass is 753 g/mol. The number of fused-ring (bicyclic) bond motifs is 5. The molecule has 2 aromatic heterocycles. The first-order valence-electron chi connectivity index (χ1n) is 18.9. The summed E-state index contributed by atoms with van der Waals surface area (Å²) in [6, 6.07) is 5.10. The Balaban J connectivity index is 1.14. The number of halogens is 3. The average molecular weight is 754 g/mol. The second-order valence-electron chi connectivity index (χ2n) is 15.1. The molecule has 2 aromatic carbocycles. The van der Waals surface area contributed by atoms with Crippen LogP contribution in [0.4, 0.5) is 19.0 Å². The highest BCUT2D eigenvalue weighted by Gasteiger charge is 2.49. The molecule has 0 saturated carbocycles. The number of terminal acetylenes is 1. The Morgan fingerprint density at radius 1 is 1.15 bits per heavy atom. The van der Waals surface area contributed by atoms with E-state index in [0.29, 0.717) is 68.5 Å². The molecule has 0 radical (unpaired) electrons. The Labute approximate surface area is 316 Å². The van der Waals surface area contributed by atoms with Crippen LogP contribution in [-0.2, 0) is 9.59 Å². The van der Waals surface area contributed by atoms with E-state index in [1.165, 1.54) is 36.5 Å². The Hall–Kier alpha value is -5.42. The minimum atomic E-state index is -0.967. The first kappa shape index (κ1) is 36.6. The quantitative estimate of drug-likeness (QED) is 0.118. The number of alkyl halides is 1. The third-order valence-electron chi connectivity index (χ3n) is 11.7. The number of phenolic OH excluding ortho intramolecular Hbond substituents is 1. The topological polar surface area (TPSA) is 124 Å². The van der Waals surface area contributed by atoms with Gasteiger partial charge in [-0.3, -0.25) is 19.5 Å². The van der Waals surface area contributed by atoms with Crippen molar-refractivity contribution >= 4 is 39.3 Å². The van der Waals surface area contributed by atoms with Crippen LogP contribution in [0.2, 0.25) is 0 Å². The fourth-order valence-electron chi connectivity index (χ4n) is 9.21. The highest BCUT2D eigenvalue weighted by Crippen LogP contribution is 2.42. The lowest BCUT2D eigenvalue weighted by atomic mass is 9.95. The molecule has 2 amide bonds. The molecule has 4 aliphatic rings. The molecule has 6 heterocycles. The van der Waals surface area contributed by atoms with Crippen LogP contribution in [-0.4, -0.2) is 105 Å². The van der Waals surface area contributed by atoms with Gasteiger partial charge in [-0.15, -0.1) is 6.42 Å². The number of unbranched alkanes of at least 4 members (excludes halogenated alkanes) is 1. The molecular weight excluding hydrogens is 711 g/mol. The van der Waals surface area contributed by atoms with Crippen molar-refractivity contribution in [3.05, 3.63) is 60.3 Å². The van der Waals surface area contributed by atoms with Gasteiger partial charge in [0.15, 0.2) is 5.82 Å². The van der Waals surface area contributed by atoms with E-state index in [4.69, 9.17) is 16.1 Å². The number of rotatable bonds is 11. The zero-order valence-corrected chi connectivity index (χ0v) is 30.4. The van der Waals surface area contributed by atoms with Crippen molar-refractivity contribution in [1.29, 1.82) is 0 Å². The predicted molar refractivity (Wildman–Crippen MR) is 201 cm³/mol. The SMILES string of the molecule is C#Cc1c(F)ccc2cc(O)cc(-c3ncc4c(N5CC6CCC(C5)N6C(=O)CCCCNC(=O)C=C)nc(OC[C@@]56CCCN5C[C@H](F)C6)nc4c3F)c12. The van der Waals surface area contributed by atoms with Crippen molar-refractivity contribution < 1.29 is 32.6 Å². The number of carbonyl (C=O) groups excluding carboxylic acids is 2. The van der Waals surface area contributed by atoms with Gasteiger partial charge < -0.3 is 25.0 Å². The number of aromatic nitrogens is 3. The van der Waals surface area contributed by atoms with Gasteiger partial charge in [0.2, 0.25) is 11.8 Å². The van der Waals surface area contributed by atoms with Crippen molar-refractivity contribution in [2.45, 2.75) is 75.2 Å². The molecule has 286 valence electrons. The van der Waals surface area contributed by atoms with Crippen LogP contribution in [0.25, 0.3) is 32.9 Å². The number of nitrogens with one attached hydrogen (secondary N) is 1. The third kappa shape index (κ3) is 6.68. The van der Waals surface area contributed by atoms with Gasteiger partial charge >= 0.3 is 6.01 Å². The smallest absolute Gasteiger partial charge is 0.319 e. The maximum absolute atomic E-state index is 17.1. The predicted octanol–water partition coefficient (Wildman–Crippen LogP) is 5.42. The van der Waals surface area contributed by atoms with Gasteiger partial charge in [0.05, 0.1) is 16.5 Å². The van der Waals surface area contributed by atoms with Gasteiger partial charge in [0, 0.05) is 68.3 Å². The maximum atomic E-state index is 17.1. The lowest BCUT2D eigenvalue weighted by Gasteiger charge is -2.42. The van der Waals surface area contributed by atoms with Gasteiger partial charge in [-0.1, -0.05) is 18.6 Å². The van der Waals surface area contributed by atoms with Gasteiger partial charge in [-0.2, -0.15) is 9.97 Å². The van der Waals surface area contributed by atoms with E-state index in [1.54, 1.807) is 0 Å².